The number of hydrogen-bond donors (Lipinski definition) is 2. The molecule has 0 spiro atoms. The number of rotatable bonds is 11. The molecule has 0 fully saturated rings. The number of hydrogen-bond acceptors (Lipinski definition) is 4. The van der Waals surface area contributed by atoms with Gasteiger partial charge in [0.05, 0.1) is 11.6 Å². The fourth-order valence-corrected chi connectivity index (χ4v) is 14.2. The van der Waals surface area contributed by atoms with E-state index in [0.717, 1.165) is 50.8 Å². The molecule has 3 N–H and O–H groups in total. The minimum atomic E-state index is -0.394. The van der Waals surface area contributed by atoms with Crippen LogP contribution in [0.1, 0.15) is 265 Å². The molecule has 0 radical (unpaired) electrons. The van der Waals surface area contributed by atoms with E-state index in [1.807, 2.05) is 87.5 Å². The first kappa shape index (κ1) is 95.2. The molecule has 10 aromatic carbocycles. The normalized spacial score (nSPS) is 10.8. The van der Waals surface area contributed by atoms with E-state index in [2.05, 4.69) is 286 Å². The Hall–Kier alpha value is -10.2. The van der Waals surface area contributed by atoms with Crippen molar-refractivity contribution in [3.8, 4) is 6.07 Å². The van der Waals surface area contributed by atoms with Gasteiger partial charge in [0.2, 0.25) is 5.91 Å². The molecule has 592 valence electrons. The molecule has 0 aliphatic carbocycles. The van der Waals surface area contributed by atoms with Gasteiger partial charge in [0.1, 0.15) is 6.29 Å². The van der Waals surface area contributed by atoms with Crippen LogP contribution in [0.4, 0.5) is 0 Å². The van der Waals surface area contributed by atoms with Gasteiger partial charge in [-0.2, -0.15) is 17.7 Å². The fraction of sp³-hybridized carbons (Fsp3) is 0.311. The fourth-order valence-electron chi connectivity index (χ4n) is 14.2. The summed E-state index contributed by atoms with van der Waals surface area (Å²) < 4.78 is 0. The van der Waals surface area contributed by atoms with Gasteiger partial charge in [-0.1, -0.05) is 142 Å². The van der Waals surface area contributed by atoms with E-state index < -0.39 is 5.91 Å². The average molecular weight is 1680 g/mol. The molecule has 0 unspecified atom stereocenters. The number of nitrogens with two attached hydrogens (primary N) is 1. The third-order valence-electron chi connectivity index (χ3n) is 24.8. The molecule has 0 aliphatic heterocycles. The summed E-state index contributed by atoms with van der Waals surface area (Å²) in [5, 5.41) is 11.7. The van der Waals surface area contributed by atoms with Gasteiger partial charge in [-0.15, -0.1) is 22.3 Å². The van der Waals surface area contributed by atoms with Crippen molar-refractivity contribution in [3.05, 3.63) is 348 Å². The number of benzene rings is 10. The molecule has 113 heavy (non-hydrogen) atoms. The second-order valence-electron chi connectivity index (χ2n) is 31.2. The van der Waals surface area contributed by atoms with E-state index >= 15 is 0 Å². The minimum Gasteiger partial charge on any atom is -0.366 e. The van der Waals surface area contributed by atoms with Gasteiger partial charge in [-0.3, -0.25) is 14.4 Å². The molecule has 7 heteroatoms. The van der Waals surface area contributed by atoms with Crippen LogP contribution in [0.25, 0.3) is 48.6 Å². The molecule has 10 aromatic rings. The second-order valence-corrected chi connectivity index (χ2v) is 31.2. The number of nitriles is 1. The van der Waals surface area contributed by atoms with Gasteiger partial charge in [-0.25, -0.2) is 0 Å². The Morgan fingerprint density at radius 1 is 0.310 bits per heavy atom. The summed E-state index contributed by atoms with van der Waals surface area (Å²) >= 11 is 0. The van der Waals surface area contributed by atoms with Gasteiger partial charge in [-0.05, 0) is 420 Å². The van der Waals surface area contributed by atoms with Crippen LogP contribution in [-0.2, 0) is 21.1 Å². The Bertz CT molecular complexity index is 5200. The molecule has 0 saturated heterocycles. The van der Waals surface area contributed by atoms with E-state index in [0.29, 0.717) is 16.7 Å². The standard InChI is InChI=1S/C22H27NO.C21H25NO.C21H23N.C21H26.C12H17.C9H10O.W/c1-13-8-9-20(22(24)23-7)12-19(13)10-11-21-17(5)15(3)14(2)16(4)18(21)6;1-12-7-8-19(21(22)23)11-18(12)9-10-20-16(5)14(3)13(2)15(4)17(20)6;1-13-7-8-19(12-22)11-20(13)9-10-21-17(5)15(3)14(2)16(4)18(21)6;1-13-8-9-14(2)20(12-13)10-11-21-18(6)16(4)15(3)17(5)19(21)7;1-7-8(2)10(4)12(6)11(5)9(7)3;1-7-3-4-8(2)9(5-7)6-10;/h8-12H,1-7H3,(H,23,24);7-11H,1-6H3,(H2,22,23);7-11H,1-6H3;8-12H,1-7H3;1H2,2-6H3;3-6H,1-2H3;/q;;;;-1;;/b11-10+;2*10-9+;11-10+;;;. The number of amides is 2. The number of aldehydes is 1. The number of aryl methyl sites for hydroxylation is 7. The molecular formula is C106H128N3O3W-. The van der Waals surface area contributed by atoms with Crippen LogP contribution >= 0.6 is 0 Å². The van der Waals surface area contributed by atoms with Gasteiger partial charge in [0, 0.05) is 44.8 Å². The predicted octanol–water partition coefficient (Wildman–Crippen LogP) is 27.0. The molecule has 0 aliphatic rings. The van der Waals surface area contributed by atoms with Gasteiger partial charge >= 0.3 is 0 Å². The largest absolute Gasteiger partial charge is 0.366 e. The maximum atomic E-state index is 11.9. The van der Waals surface area contributed by atoms with E-state index in [1.54, 1.807) is 13.1 Å². The number of nitrogens with one attached hydrogen (secondary N) is 1. The Labute approximate surface area is 696 Å². The van der Waals surface area contributed by atoms with Crippen molar-refractivity contribution in [2.24, 2.45) is 5.73 Å². The molecule has 0 heterocycles. The van der Waals surface area contributed by atoms with Crippen LogP contribution in [0.5, 0.6) is 0 Å². The summed E-state index contributed by atoms with van der Waals surface area (Å²) in [6.45, 7) is 73.2. The zero-order chi connectivity index (χ0) is 84.5. The zero-order valence-corrected chi connectivity index (χ0v) is 77.7. The van der Waals surface area contributed by atoms with Gasteiger partial charge in [0.15, 0.2) is 0 Å². The van der Waals surface area contributed by atoms with E-state index in [1.165, 1.54) is 189 Å². The summed E-state index contributed by atoms with van der Waals surface area (Å²) in [4.78, 5) is 33.6. The van der Waals surface area contributed by atoms with Crippen LogP contribution < -0.4 is 11.1 Å². The SMILES string of the molecule is CNC(=O)c1ccc(C)c(/C=C/c2c(C)c(C)c(C)c(C)c2C)c1.Cc1ccc(C#N)cc1/C=C/c1c(C)c(C)c(C)c(C)c1C.Cc1ccc(C(N)=O)cc1/C=C/c1c(C)c(C)c(C)c(C)c1C.Cc1ccc(C)c(/C=C/c2c(C)c(C)c(C)c(C)c2C)c1.Cc1ccc(C)c(C=O)c1.[CH2-]c1c(C)c(C)c(C)c(C)c1C.[W]. The molecule has 6 nitrogen and oxygen atoms in total. The minimum absolute atomic E-state index is 0. The Balaban J connectivity index is 0.000000291. The van der Waals surface area contributed by atoms with Crippen LogP contribution in [0.3, 0.4) is 0 Å². The second kappa shape index (κ2) is 42.1. The van der Waals surface area contributed by atoms with Crippen molar-refractivity contribution in [1.82, 2.24) is 5.32 Å². The zero-order valence-electron chi connectivity index (χ0n) is 74.7. The maximum absolute atomic E-state index is 11.9. The summed E-state index contributed by atoms with van der Waals surface area (Å²) in [7, 11) is 1.66. The molecule has 0 saturated carbocycles. The van der Waals surface area contributed by atoms with Crippen molar-refractivity contribution < 1.29 is 35.4 Å². The monoisotopic (exact) mass is 1670 g/mol. The predicted molar refractivity (Wildman–Crippen MR) is 488 cm³/mol. The summed E-state index contributed by atoms with van der Waals surface area (Å²) in [5.74, 6) is -0.451. The van der Waals surface area contributed by atoms with Gasteiger partial charge in [0.25, 0.3) is 5.91 Å². The molecule has 0 atom stereocenters. The molecule has 10 rings (SSSR count). The summed E-state index contributed by atoms with van der Waals surface area (Å²) in [6, 6.07) is 31.9. The van der Waals surface area contributed by atoms with Crippen LogP contribution in [-0.4, -0.2) is 25.1 Å². The topological polar surface area (TPSA) is 113 Å². The van der Waals surface area contributed by atoms with Crippen molar-refractivity contribution in [2.45, 2.75) is 222 Å². The van der Waals surface area contributed by atoms with Crippen molar-refractivity contribution in [1.29, 1.82) is 5.26 Å². The number of carbonyl (C=O) groups is 3. The number of nitrogens with zero attached hydrogens (tertiary/aromatic N) is 1. The van der Waals surface area contributed by atoms with E-state index in [-0.39, 0.29) is 27.0 Å². The first-order chi connectivity index (χ1) is 52.4. The summed E-state index contributed by atoms with van der Waals surface area (Å²) in [6.07, 6.45) is 18.3. The van der Waals surface area contributed by atoms with Crippen LogP contribution in [0.2, 0.25) is 0 Å². The van der Waals surface area contributed by atoms with E-state index in [4.69, 9.17) is 11.0 Å². The van der Waals surface area contributed by atoms with Crippen molar-refractivity contribution in [3.63, 3.8) is 0 Å². The first-order valence-electron chi connectivity index (χ1n) is 39.1. The number of primary amides is 1. The molecular weight excluding hydrogens is 1550 g/mol. The Kier molecular flexibility index (Phi) is 35.5. The Morgan fingerprint density at radius 2 is 0.540 bits per heavy atom. The first-order valence-corrected chi connectivity index (χ1v) is 39.1. The van der Waals surface area contributed by atoms with Crippen molar-refractivity contribution >= 4 is 66.7 Å². The average Bonchev–Trinajstić information content (AvgIpc) is 0.819. The quantitative estimate of drug-likeness (QED) is 0.0763. The summed E-state index contributed by atoms with van der Waals surface area (Å²) in [5.41, 5.74) is 61.5. The van der Waals surface area contributed by atoms with Crippen LogP contribution in [0.15, 0.2) is 91.0 Å². The van der Waals surface area contributed by atoms with Crippen molar-refractivity contribution in [2.75, 3.05) is 7.05 Å². The number of carbonyl (C=O) groups excluding carboxylic acids is 3. The van der Waals surface area contributed by atoms with E-state index in [9.17, 15) is 14.4 Å². The molecule has 2 amide bonds. The smallest absolute Gasteiger partial charge is 0.251 e. The Morgan fingerprint density at radius 3 is 0.814 bits per heavy atom. The maximum Gasteiger partial charge on any atom is 0.251 e. The van der Waals surface area contributed by atoms with Crippen LogP contribution in [0, 0.1) is 240 Å². The third-order valence-corrected chi connectivity index (χ3v) is 24.8. The van der Waals surface area contributed by atoms with Gasteiger partial charge < -0.3 is 11.1 Å². The molecule has 0 aromatic heterocycles. The third kappa shape index (κ3) is 23.3. The molecule has 0 bridgehead atoms.